The van der Waals surface area contributed by atoms with Gasteiger partial charge in [0.2, 0.25) is 5.91 Å². The van der Waals surface area contributed by atoms with Gasteiger partial charge in [-0.25, -0.2) is 9.98 Å². The number of aliphatic hydroxyl groups excluding tert-OH is 1. The van der Waals surface area contributed by atoms with Crippen LogP contribution in [0.5, 0.6) is 0 Å². The van der Waals surface area contributed by atoms with Crippen molar-refractivity contribution in [2.24, 2.45) is 26.8 Å². The smallest absolute Gasteiger partial charge is 0.303 e. The molecule has 0 aromatic rings. The van der Waals surface area contributed by atoms with Crippen LogP contribution < -0.4 is 0 Å². The molecule has 0 spiro atoms. The molecule has 8 bridgehead atoms. The van der Waals surface area contributed by atoms with Gasteiger partial charge in [-0.15, -0.1) is 7.05 Å². The van der Waals surface area contributed by atoms with E-state index in [4.69, 9.17) is 15.0 Å². The van der Waals surface area contributed by atoms with Gasteiger partial charge in [0, 0.05) is 88.8 Å². The zero-order valence-corrected chi connectivity index (χ0v) is 39.5. The number of rotatable bonds is 16. The summed E-state index contributed by atoms with van der Waals surface area (Å²) in [5, 5.41) is 21.1. The first kappa shape index (κ1) is 46.6. The van der Waals surface area contributed by atoms with Crippen LogP contribution in [0.25, 0.3) is 0 Å². The summed E-state index contributed by atoms with van der Waals surface area (Å²) in [5.41, 5.74) is 15.9. The predicted molar refractivity (Wildman–Crippen MR) is 252 cm³/mol. The van der Waals surface area contributed by atoms with Crippen molar-refractivity contribution in [1.82, 2.24) is 4.90 Å². The molecular weight excluding hydrogens is 773 g/mol. The highest BCUT2D eigenvalue weighted by atomic mass is 16.4. The molecular formula is C52H71N6O4+. The lowest BCUT2D eigenvalue weighted by molar-refractivity contribution is -0.870. The number of hydrogen-bond acceptors (Lipinski definition) is 6. The van der Waals surface area contributed by atoms with Gasteiger partial charge in [0.15, 0.2) is 0 Å². The molecule has 6 aliphatic rings. The number of allylic oxidation sites excluding steroid dienone is 13. The molecule has 10 nitrogen and oxygen atoms in total. The summed E-state index contributed by atoms with van der Waals surface area (Å²) in [6.07, 6.45) is 10.8. The topological polar surface area (TPSA) is 115 Å². The molecule has 0 saturated carbocycles. The predicted octanol–water partition coefficient (Wildman–Crippen LogP) is 9.55. The number of amides is 1. The number of aliphatic carboxylic acids is 1. The number of quaternary nitrogens is 2. The number of nitrogens with zero attached hydrogens (tertiary/aromatic N) is 6. The van der Waals surface area contributed by atoms with E-state index in [9.17, 15) is 19.8 Å². The van der Waals surface area contributed by atoms with Crippen LogP contribution >= 0.6 is 0 Å². The Morgan fingerprint density at radius 3 is 2.16 bits per heavy atom. The summed E-state index contributed by atoms with van der Waals surface area (Å²) in [7, 11) is 15.0. The number of aliphatic hydroxyl groups is 1. The van der Waals surface area contributed by atoms with Crippen molar-refractivity contribution in [1.29, 1.82) is 0 Å². The van der Waals surface area contributed by atoms with Gasteiger partial charge in [0.1, 0.15) is 5.76 Å². The molecule has 4 heterocycles. The molecule has 2 atom stereocenters. The Morgan fingerprint density at radius 1 is 0.855 bits per heavy atom. The van der Waals surface area contributed by atoms with E-state index in [0.29, 0.717) is 61.9 Å². The van der Waals surface area contributed by atoms with E-state index in [1.165, 1.54) is 5.57 Å². The lowest BCUT2D eigenvalue weighted by atomic mass is 9.81. The van der Waals surface area contributed by atoms with Crippen molar-refractivity contribution >= 4 is 29.0 Å². The van der Waals surface area contributed by atoms with E-state index < -0.39 is 5.97 Å². The molecule has 4 aliphatic heterocycles. The van der Waals surface area contributed by atoms with Crippen LogP contribution in [0.1, 0.15) is 112 Å². The van der Waals surface area contributed by atoms with Crippen LogP contribution in [-0.2, 0) is 9.59 Å². The average molecular weight is 844 g/mol. The summed E-state index contributed by atoms with van der Waals surface area (Å²) in [6, 6.07) is 0. The summed E-state index contributed by atoms with van der Waals surface area (Å²) in [4.78, 5) is 44.1. The van der Waals surface area contributed by atoms with Crippen molar-refractivity contribution in [2.45, 2.75) is 112 Å². The zero-order valence-electron chi connectivity index (χ0n) is 39.5. The molecule has 2 N–H and O–H groups in total. The molecule has 0 radical (unpaired) electrons. The fourth-order valence-electron chi connectivity index (χ4n) is 9.91. The number of carboxylic acids is 1. The molecule has 2 aliphatic carbocycles. The summed E-state index contributed by atoms with van der Waals surface area (Å²) < 4.78 is 1.45. The maximum Gasteiger partial charge on any atom is 0.303 e. The highest BCUT2D eigenvalue weighted by Crippen LogP contribution is 2.51. The Morgan fingerprint density at radius 2 is 1.52 bits per heavy atom. The highest BCUT2D eigenvalue weighted by Gasteiger charge is 2.42. The minimum atomic E-state index is -0.835. The Labute approximate surface area is 371 Å². The molecule has 10 heteroatoms. The molecule has 62 heavy (non-hydrogen) atoms. The van der Waals surface area contributed by atoms with Crippen LogP contribution in [0, 0.1) is 30.7 Å². The SMILES string of the molecule is [CH2-][N+](C)(C)CCCN(CCC[N+](C)(C)C)C(=O)CC[C@@H]1C2=NC(=C(C#CCCCC(=O)O)C3=NC(=CC4=NC(=CC5=C(C)C6=C(O)CC2=C6C5)C(CC)=C4C)C(CC)=C3C)[C@H]1C. The average Bonchev–Trinajstić information content (AvgIpc) is 3.95. The third-order valence-corrected chi connectivity index (χ3v) is 13.4. The van der Waals surface area contributed by atoms with Crippen molar-refractivity contribution in [3.63, 3.8) is 0 Å². The Bertz CT molecular complexity index is 2310. The number of carbonyl (C=O) groups is 2. The van der Waals surface area contributed by atoms with Gasteiger partial charge in [-0.1, -0.05) is 32.6 Å². The molecule has 0 aromatic carbocycles. The number of hydrogen-bond donors (Lipinski definition) is 2. The van der Waals surface area contributed by atoms with E-state index in [0.717, 1.165) is 128 Å². The molecule has 0 fully saturated rings. The largest absolute Gasteiger partial charge is 0.511 e. The normalized spacial score (nSPS) is 21.2. The van der Waals surface area contributed by atoms with E-state index in [1.807, 2.05) is 0 Å². The van der Waals surface area contributed by atoms with Crippen molar-refractivity contribution in [3.05, 3.63) is 97.8 Å². The van der Waals surface area contributed by atoms with Crippen molar-refractivity contribution < 1.29 is 28.8 Å². The second-order valence-electron chi connectivity index (χ2n) is 19.7. The fraction of sp³-hybridized carbons (Fsp3) is 0.538. The first-order valence-corrected chi connectivity index (χ1v) is 22.9. The Kier molecular flexibility index (Phi) is 14.2. The van der Waals surface area contributed by atoms with E-state index >= 15 is 0 Å². The minimum Gasteiger partial charge on any atom is -0.511 e. The van der Waals surface area contributed by atoms with Crippen LogP contribution in [0.4, 0.5) is 0 Å². The lowest BCUT2D eigenvalue weighted by Crippen LogP contribution is -2.41. The quantitative estimate of drug-likeness (QED) is 0.0698. The lowest BCUT2D eigenvalue weighted by Gasteiger charge is -2.34. The fourth-order valence-corrected chi connectivity index (χ4v) is 9.91. The van der Waals surface area contributed by atoms with Crippen LogP contribution in [0.3, 0.4) is 0 Å². The summed E-state index contributed by atoms with van der Waals surface area (Å²) in [6.45, 7) is 16.2. The number of carbonyl (C=O) groups excluding carboxylic acids is 1. The minimum absolute atomic E-state index is 0.0527. The first-order valence-electron chi connectivity index (χ1n) is 22.9. The van der Waals surface area contributed by atoms with E-state index in [1.54, 1.807) is 0 Å². The number of carboxylic acid groups (broad SMARTS) is 1. The van der Waals surface area contributed by atoms with Crippen LogP contribution in [-0.4, -0.2) is 115 Å². The second kappa shape index (κ2) is 18.9. The maximum atomic E-state index is 14.4. The van der Waals surface area contributed by atoms with Gasteiger partial charge in [0.25, 0.3) is 0 Å². The third-order valence-electron chi connectivity index (χ3n) is 13.4. The molecule has 0 aromatic heterocycles. The van der Waals surface area contributed by atoms with Crippen molar-refractivity contribution in [2.75, 3.05) is 61.4 Å². The molecule has 6 rings (SSSR count). The number of unbranched alkanes of at least 4 members (excludes halogenated alkanes) is 1. The maximum absolute atomic E-state index is 14.4. The zero-order chi connectivity index (χ0) is 45.3. The molecule has 0 saturated heterocycles. The first-order chi connectivity index (χ1) is 29.2. The van der Waals surface area contributed by atoms with Gasteiger partial charge >= 0.3 is 5.97 Å². The number of aliphatic imine (C=N–C) groups is 3. The molecule has 0 unspecified atom stereocenters. The summed E-state index contributed by atoms with van der Waals surface area (Å²) in [5.74, 6) is 6.33. The van der Waals surface area contributed by atoms with Crippen LogP contribution in [0.15, 0.2) is 106 Å². The second-order valence-corrected chi connectivity index (χ2v) is 19.7. The number of fused-ring (bicyclic) bond motifs is 5. The van der Waals surface area contributed by atoms with Gasteiger partial charge in [0.05, 0.1) is 68.3 Å². The van der Waals surface area contributed by atoms with Gasteiger partial charge in [-0.3, -0.25) is 14.6 Å². The highest BCUT2D eigenvalue weighted by molar-refractivity contribution is 6.20. The van der Waals surface area contributed by atoms with Gasteiger partial charge < -0.3 is 24.1 Å². The van der Waals surface area contributed by atoms with Gasteiger partial charge in [-0.2, -0.15) is 0 Å². The summed E-state index contributed by atoms with van der Waals surface area (Å²) >= 11 is 0. The third kappa shape index (κ3) is 10.2. The molecule has 1 amide bonds. The van der Waals surface area contributed by atoms with Crippen molar-refractivity contribution in [3.8, 4) is 11.8 Å². The Hall–Kier alpha value is -4.85. The standard InChI is InChI=1S/C52H70N6O4/c1-13-37-33(4)43-31-45-38(14-2)34(5)50(54-45)40(20-16-15-17-21-48(61)62)51-35(6)39(22-23-47(60)56(24-18-26-57(7,8)9)25-19-27-58(10,11)12)52(55-51)42-30-46(59)49-32(3)36(28-41(42)49)29-44(37)53-43/h29,31,35,39H,7,13-15,17-19,21-28,30H2,1-6,8-12H3,(H-,53,54,55,59,61,62)/p+1/t35-,39-/m0/s1. The van der Waals surface area contributed by atoms with Gasteiger partial charge in [-0.05, 0) is 110 Å². The monoisotopic (exact) mass is 844 g/mol. The Balaban J connectivity index is 1.48. The molecule has 332 valence electrons. The van der Waals surface area contributed by atoms with E-state index in [-0.39, 0.29) is 24.2 Å². The van der Waals surface area contributed by atoms with Crippen LogP contribution in [0.2, 0.25) is 0 Å². The van der Waals surface area contributed by atoms with E-state index in [2.05, 4.69) is 113 Å².